The number of anilines is 1. The Hall–Kier alpha value is -2.29. The van der Waals surface area contributed by atoms with Crippen molar-refractivity contribution in [1.82, 2.24) is 0 Å². The summed E-state index contributed by atoms with van der Waals surface area (Å²) in [5, 5.41) is 7.94. The summed E-state index contributed by atoms with van der Waals surface area (Å²) in [7, 11) is 0. The molecule has 3 atom stereocenters. The zero-order chi connectivity index (χ0) is 14.1. The third-order valence-corrected chi connectivity index (χ3v) is 4.40. The van der Waals surface area contributed by atoms with Crippen molar-refractivity contribution in [3.8, 4) is 0 Å². The van der Waals surface area contributed by atoms with Crippen LogP contribution < -0.4 is 5.32 Å². The predicted octanol–water partition coefficient (Wildman–Crippen LogP) is 3.68. The van der Waals surface area contributed by atoms with Crippen LogP contribution in [0.1, 0.15) is 18.4 Å². The van der Waals surface area contributed by atoms with E-state index in [4.69, 9.17) is 4.84 Å². The molecule has 3 heteroatoms. The highest BCUT2D eigenvalue weighted by Crippen LogP contribution is 2.37. The predicted molar refractivity (Wildman–Crippen MR) is 84.4 cm³/mol. The van der Waals surface area contributed by atoms with E-state index >= 15 is 0 Å². The van der Waals surface area contributed by atoms with Gasteiger partial charge in [0, 0.05) is 11.6 Å². The summed E-state index contributed by atoms with van der Waals surface area (Å²) in [6.07, 6.45) is 2.40. The number of rotatable bonds is 3. The van der Waals surface area contributed by atoms with Crippen molar-refractivity contribution in [3.05, 3.63) is 66.2 Å². The monoisotopic (exact) mass is 278 g/mol. The Labute approximate surface area is 124 Å². The first-order valence-electron chi connectivity index (χ1n) is 7.52. The van der Waals surface area contributed by atoms with Gasteiger partial charge < -0.3 is 10.2 Å². The van der Waals surface area contributed by atoms with Crippen LogP contribution in [-0.2, 0) is 4.84 Å². The molecule has 2 aromatic carbocycles. The summed E-state index contributed by atoms with van der Waals surface area (Å²) in [5.41, 5.74) is 3.45. The van der Waals surface area contributed by atoms with E-state index < -0.39 is 0 Å². The number of hydrogen-bond donors (Lipinski definition) is 1. The fraction of sp³-hybridized carbons (Fsp3) is 0.278. The van der Waals surface area contributed by atoms with Gasteiger partial charge in [-0.3, -0.25) is 0 Å². The molecule has 0 aromatic heterocycles. The highest BCUT2D eigenvalue weighted by molar-refractivity contribution is 6.03. The highest BCUT2D eigenvalue weighted by Gasteiger charge is 2.45. The average Bonchev–Trinajstić information content (AvgIpc) is 3.12. The molecule has 0 amide bonds. The standard InChI is InChI=1S/C18H18N2O/c1-3-7-13(8-4-1)17-15-11-12-16(18(15)21-20-17)19-14-9-5-2-6-10-14/h1-10,15-16,18-19H,11-12H2/t15-,16+,18+/m1/s1. The van der Waals surface area contributed by atoms with Crippen molar-refractivity contribution in [1.29, 1.82) is 0 Å². The minimum absolute atomic E-state index is 0.153. The highest BCUT2D eigenvalue weighted by atomic mass is 16.6. The van der Waals surface area contributed by atoms with Crippen LogP contribution in [0.2, 0.25) is 0 Å². The minimum Gasteiger partial charge on any atom is -0.389 e. The van der Waals surface area contributed by atoms with Gasteiger partial charge in [0.25, 0.3) is 0 Å². The summed E-state index contributed by atoms with van der Waals surface area (Å²) in [4.78, 5) is 5.75. The molecule has 0 unspecified atom stereocenters. The van der Waals surface area contributed by atoms with E-state index in [0.717, 1.165) is 24.2 Å². The van der Waals surface area contributed by atoms with Crippen LogP contribution in [0.5, 0.6) is 0 Å². The van der Waals surface area contributed by atoms with E-state index in [1.807, 2.05) is 12.1 Å². The zero-order valence-corrected chi connectivity index (χ0v) is 11.8. The van der Waals surface area contributed by atoms with E-state index in [0.29, 0.717) is 12.0 Å². The van der Waals surface area contributed by atoms with Crippen LogP contribution in [0.3, 0.4) is 0 Å². The van der Waals surface area contributed by atoms with Gasteiger partial charge in [-0.05, 0) is 30.5 Å². The molecule has 0 radical (unpaired) electrons. The molecule has 0 spiro atoms. The largest absolute Gasteiger partial charge is 0.389 e. The minimum atomic E-state index is 0.153. The van der Waals surface area contributed by atoms with E-state index in [9.17, 15) is 0 Å². The molecule has 106 valence electrons. The first-order chi connectivity index (χ1) is 10.4. The molecule has 0 bridgehead atoms. The van der Waals surface area contributed by atoms with Crippen molar-refractivity contribution >= 4 is 11.4 Å². The van der Waals surface area contributed by atoms with Gasteiger partial charge in [-0.15, -0.1) is 0 Å². The summed E-state index contributed by atoms with van der Waals surface area (Å²) in [6, 6.07) is 21.0. The van der Waals surface area contributed by atoms with Crippen LogP contribution >= 0.6 is 0 Å². The van der Waals surface area contributed by atoms with Crippen LogP contribution in [0, 0.1) is 5.92 Å². The quantitative estimate of drug-likeness (QED) is 0.929. The lowest BCUT2D eigenvalue weighted by Gasteiger charge is -2.19. The molecule has 21 heavy (non-hydrogen) atoms. The fourth-order valence-corrected chi connectivity index (χ4v) is 3.37. The van der Waals surface area contributed by atoms with Crippen LogP contribution in [0.4, 0.5) is 5.69 Å². The fourth-order valence-electron chi connectivity index (χ4n) is 3.37. The van der Waals surface area contributed by atoms with Gasteiger partial charge >= 0.3 is 0 Å². The Morgan fingerprint density at radius 2 is 1.62 bits per heavy atom. The second-order valence-corrected chi connectivity index (χ2v) is 5.71. The maximum Gasteiger partial charge on any atom is 0.155 e. The van der Waals surface area contributed by atoms with Crippen LogP contribution in [0.25, 0.3) is 0 Å². The molecule has 4 rings (SSSR count). The molecule has 3 nitrogen and oxygen atoms in total. The van der Waals surface area contributed by atoms with Gasteiger partial charge in [-0.25, -0.2) is 0 Å². The number of oxime groups is 1. The lowest BCUT2D eigenvalue weighted by atomic mass is 9.94. The molecule has 1 fully saturated rings. The Balaban J connectivity index is 1.50. The molecular formula is C18H18N2O. The van der Waals surface area contributed by atoms with Crippen molar-refractivity contribution in [2.45, 2.75) is 25.0 Å². The van der Waals surface area contributed by atoms with Crippen molar-refractivity contribution < 1.29 is 4.84 Å². The molecule has 1 saturated carbocycles. The third-order valence-electron chi connectivity index (χ3n) is 4.40. The molecular weight excluding hydrogens is 260 g/mol. The molecule has 2 aromatic rings. The molecule has 1 N–H and O–H groups in total. The normalized spacial score (nSPS) is 26.9. The Morgan fingerprint density at radius 1 is 0.905 bits per heavy atom. The van der Waals surface area contributed by atoms with Gasteiger partial charge in [0.1, 0.15) is 0 Å². The van der Waals surface area contributed by atoms with Crippen molar-refractivity contribution in [2.75, 3.05) is 5.32 Å². The Kier molecular flexibility index (Phi) is 3.11. The Bertz CT molecular complexity index is 639. The summed E-state index contributed by atoms with van der Waals surface area (Å²) >= 11 is 0. The van der Waals surface area contributed by atoms with Crippen LogP contribution in [0.15, 0.2) is 65.8 Å². The number of hydrogen-bond acceptors (Lipinski definition) is 3. The van der Waals surface area contributed by atoms with E-state index in [1.54, 1.807) is 0 Å². The smallest absolute Gasteiger partial charge is 0.155 e. The zero-order valence-electron chi connectivity index (χ0n) is 11.8. The second kappa shape index (κ2) is 5.24. The number of fused-ring (bicyclic) bond motifs is 1. The van der Waals surface area contributed by atoms with E-state index in [-0.39, 0.29) is 6.10 Å². The average molecular weight is 278 g/mol. The summed E-state index contributed by atoms with van der Waals surface area (Å²) in [5.74, 6) is 0.411. The molecule has 1 aliphatic heterocycles. The lowest BCUT2D eigenvalue weighted by molar-refractivity contribution is 0.0674. The van der Waals surface area contributed by atoms with Gasteiger partial charge in [0.05, 0.1) is 11.8 Å². The van der Waals surface area contributed by atoms with Gasteiger partial charge in [0.2, 0.25) is 0 Å². The number of benzene rings is 2. The Morgan fingerprint density at radius 3 is 2.38 bits per heavy atom. The summed E-state index contributed by atoms with van der Waals surface area (Å²) in [6.45, 7) is 0. The lowest BCUT2D eigenvalue weighted by Crippen LogP contribution is -2.32. The SMILES string of the molecule is c1ccc(N[C@H]2CC[C@@H]3C(c4ccccc4)=NO[C@H]23)cc1. The van der Waals surface area contributed by atoms with Gasteiger partial charge in [0.15, 0.2) is 6.10 Å². The first-order valence-corrected chi connectivity index (χ1v) is 7.52. The number of nitrogens with zero attached hydrogens (tertiary/aromatic N) is 1. The molecule has 0 saturated heterocycles. The first kappa shape index (κ1) is 12.5. The van der Waals surface area contributed by atoms with Gasteiger partial charge in [-0.1, -0.05) is 53.7 Å². The van der Waals surface area contributed by atoms with Crippen molar-refractivity contribution in [3.63, 3.8) is 0 Å². The van der Waals surface area contributed by atoms with Crippen molar-refractivity contribution in [2.24, 2.45) is 11.1 Å². The third kappa shape index (κ3) is 2.29. The van der Waals surface area contributed by atoms with E-state index in [1.165, 1.54) is 5.56 Å². The molecule has 1 heterocycles. The molecule has 2 aliphatic rings. The molecule has 1 aliphatic carbocycles. The number of para-hydroxylation sites is 1. The topological polar surface area (TPSA) is 33.6 Å². The van der Waals surface area contributed by atoms with Gasteiger partial charge in [-0.2, -0.15) is 0 Å². The second-order valence-electron chi connectivity index (χ2n) is 5.71. The number of nitrogens with one attached hydrogen (secondary N) is 1. The maximum absolute atomic E-state index is 5.75. The summed E-state index contributed by atoms with van der Waals surface area (Å²) < 4.78 is 0. The van der Waals surface area contributed by atoms with Crippen LogP contribution in [-0.4, -0.2) is 17.9 Å². The van der Waals surface area contributed by atoms with E-state index in [2.05, 4.69) is 59.0 Å². The maximum atomic E-state index is 5.75.